The van der Waals surface area contributed by atoms with Gasteiger partial charge in [0, 0.05) is 18.3 Å². The van der Waals surface area contributed by atoms with Gasteiger partial charge in [0.1, 0.15) is 0 Å². The zero-order valence-electron chi connectivity index (χ0n) is 14.8. The first kappa shape index (κ1) is 16.9. The number of carbonyl (C=O) groups excluding carboxylic acids is 1. The largest absolute Gasteiger partial charge is 0.315 e. The quantitative estimate of drug-likeness (QED) is 0.501. The number of benzene rings is 2. The molecule has 5 heteroatoms. The van der Waals surface area contributed by atoms with Gasteiger partial charge >= 0.3 is 0 Å². The van der Waals surface area contributed by atoms with Crippen LogP contribution in [0.1, 0.15) is 12.5 Å². The van der Waals surface area contributed by atoms with E-state index in [-0.39, 0.29) is 11.9 Å². The Kier molecular flexibility index (Phi) is 4.55. The van der Waals surface area contributed by atoms with Gasteiger partial charge in [-0.3, -0.25) is 4.79 Å². The van der Waals surface area contributed by atoms with E-state index in [2.05, 4.69) is 30.2 Å². The molecule has 4 rings (SSSR count). The molecule has 0 spiro atoms. The predicted molar refractivity (Wildman–Crippen MR) is 108 cm³/mol. The molecular weight excluding hydrogens is 342 g/mol. The van der Waals surface area contributed by atoms with Crippen molar-refractivity contribution < 1.29 is 4.79 Å². The minimum absolute atomic E-state index is 0.129. The van der Waals surface area contributed by atoms with Crippen LogP contribution in [0.15, 0.2) is 66.3 Å². The molecule has 4 nitrogen and oxygen atoms in total. The average Bonchev–Trinajstić information content (AvgIpc) is 3.17. The second-order valence-corrected chi connectivity index (χ2v) is 7.46. The Morgan fingerprint density at radius 3 is 2.88 bits per heavy atom. The van der Waals surface area contributed by atoms with Crippen molar-refractivity contribution in [1.82, 2.24) is 9.55 Å². The molecule has 0 aliphatic carbocycles. The average molecular weight is 363 g/mol. The molecule has 1 aromatic heterocycles. The van der Waals surface area contributed by atoms with Gasteiger partial charge in [-0.2, -0.15) is 0 Å². The molecule has 26 heavy (non-hydrogen) atoms. The van der Waals surface area contributed by atoms with Crippen molar-refractivity contribution in [3.05, 3.63) is 66.7 Å². The van der Waals surface area contributed by atoms with E-state index in [9.17, 15) is 4.79 Å². The molecule has 1 amide bonds. The van der Waals surface area contributed by atoms with Gasteiger partial charge in [0.05, 0.1) is 16.8 Å². The molecular formula is C21H21N3OS. The van der Waals surface area contributed by atoms with Crippen LogP contribution in [0.25, 0.3) is 11.0 Å². The number of carbonyl (C=O) groups is 1. The van der Waals surface area contributed by atoms with Crippen LogP contribution in [0, 0.1) is 0 Å². The van der Waals surface area contributed by atoms with Crippen LogP contribution in [0.3, 0.4) is 0 Å². The maximum absolute atomic E-state index is 12.9. The van der Waals surface area contributed by atoms with Crippen molar-refractivity contribution in [2.75, 3.05) is 10.7 Å². The minimum Gasteiger partial charge on any atom is -0.315 e. The summed E-state index contributed by atoms with van der Waals surface area (Å²) in [7, 11) is 0. The second kappa shape index (κ2) is 7.00. The van der Waals surface area contributed by atoms with E-state index in [1.165, 1.54) is 17.3 Å². The molecule has 0 bridgehead atoms. The van der Waals surface area contributed by atoms with Crippen molar-refractivity contribution in [3.63, 3.8) is 0 Å². The Hall–Kier alpha value is -2.53. The SMILES string of the molecule is C=CCn1c(SCC(=O)N2c3ccccc3CC2C)nc2ccccc21. The van der Waals surface area contributed by atoms with Gasteiger partial charge in [0.25, 0.3) is 0 Å². The summed E-state index contributed by atoms with van der Waals surface area (Å²) in [5.74, 6) is 0.503. The van der Waals surface area contributed by atoms with Crippen LogP contribution >= 0.6 is 11.8 Å². The molecule has 2 aromatic carbocycles. The fraction of sp³-hybridized carbons (Fsp3) is 0.238. The van der Waals surface area contributed by atoms with Gasteiger partial charge in [-0.1, -0.05) is 48.2 Å². The number of nitrogens with zero attached hydrogens (tertiary/aromatic N) is 3. The highest BCUT2D eigenvalue weighted by molar-refractivity contribution is 7.99. The highest BCUT2D eigenvalue weighted by atomic mass is 32.2. The fourth-order valence-corrected chi connectivity index (χ4v) is 4.49. The fourth-order valence-electron chi connectivity index (χ4n) is 3.61. The molecule has 3 aromatic rings. The Morgan fingerprint density at radius 2 is 2.04 bits per heavy atom. The number of allylic oxidation sites excluding steroid dienone is 1. The Bertz CT molecular complexity index is 978. The maximum Gasteiger partial charge on any atom is 0.237 e. The van der Waals surface area contributed by atoms with Gasteiger partial charge in [-0.05, 0) is 37.1 Å². The van der Waals surface area contributed by atoms with Gasteiger partial charge < -0.3 is 9.47 Å². The molecule has 0 fully saturated rings. The molecule has 2 heterocycles. The topological polar surface area (TPSA) is 38.1 Å². The summed E-state index contributed by atoms with van der Waals surface area (Å²) in [5.41, 5.74) is 4.31. The highest BCUT2D eigenvalue weighted by Crippen LogP contribution is 2.33. The third-order valence-electron chi connectivity index (χ3n) is 4.73. The number of aromatic nitrogens is 2. The van der Waals surface area contributed by atoms with Crippen molar-refractivity contribution in [3.8, 4) is 0 Å². The van der Waals surface area contributed by atoms with E-state index >= 15 is 0 Å². The first-order valence-electron chi connectivity index (χ1n) is 8.78. The number of rotatable bonds is 5. The lowest BCUT2D eigenvalue weighted by atomic mass is 10.1. The van der Waals surface area contributed by atoms with Gasteiger partial charge in [0.15, 0.2) is 5.16 Å². The van der Waals surface area contributed by atoms with E-state index in [1.54, 1.807) is 0 Å². The third-order valence-corrected chi connectivity index (χ3v) is 5.69. The summed E-state index contributed by atoms with van der Waals surface area (Å²) >= 11 is 1.50. The van der Waals surface area contributed by atoms with Gasteiger partial charge in [-0.15, -0.1) is 6.58 Å². The number of fused-ring (bicyclic) bond motifs is 2. The summed E-state index contributed by atoms with van der Waals surface area (Å²) in [6, 6.07) is 16.4. The van der Waals surface area contributed by atoms with Crippen molar-refractivity contribution in [2.24, 2.45) is 0 Å². The lowest BCUT2D eigenvalue weighted by molar-refractivity contribution is -0.116. The summed E-state index contributed by atoms with van der Waals surface area (Å²) in [5, 5.41) is 0.861. The van der Waals surface area contributed by atoms with Crippen molar-refractivity contribution >= 4 is 34.4 Å². The van der Waals surface area contributed by atoms with E-state index in [4.69, 9.17) is 4.98 Å². The van der Waals surface area contributed by atoms with E-state index in [0.717, 1.165) is 28.3 Å². The molecule has 1 aliphatic heterocycles. The molecule has 1 unspecified atom stereocenters. The standard InChI is InChI=1S/C21H21N3OS/c1-3-12-23-19-11-7-5-9-17(19)22-21(23)26-14-20(25)24-15(2)13-16-8-4-6-10-18(16)24/h3-11,15H,1,12-14H2,2H3. The van der Waals surface area contributed by atoms with Crippen LogP contribution in [-0.2, 0) is 17.8 Å². The van der Waals surface area contributed by atoms with Crippen LogP contribution < -0.4 is 4.90 Å². The molecule has 132 valence electrons. The minimum atomic E-state index is 0.129. The summed E-state index contributed by atoms with van der Waals surface area (Å²) in [4.78, 5) is 19.6. The lowest BCUT2D eigenvalue weighted by Crippen LogP contribution is -2.37. The van der Waals surface area contributed by atoms with Crippen molar-refractivity contribution in [2.45, 2.75) is 31.1 Å². The number of anilines is 1. The second-order valence-electron chi connectivity index (χ2n) is 6.52. The van der Waals surface area contributed by atoms with Crippen molar-refractivity contribution in [1.29, 1.82) is 0 Å². The molecule has 0 saturated heterocycles. The monoisotopic (exact) mass is 363 g/mol. The summed E-state index contributed by atoms with van der Waals surface area (Å²) in [6.07, 6.45) is 2.78. The number of para-hydroxylation sites is 3. The normalized spacial score (nSPS) is 16.0. The Morgan fingerprint density at radius 1 is 1.27 bits per heavy atom. The van der Waals surface area contributed by atoms with Crippen LogP contribution in [0.5, 0.6) is 0 Å². The van der Waals surface area contributed by atoms with Gasteiger partial charge in [0.2, 0.25) is 5.91 Å². The number of thioether (sulfide) groups is 1. The number of hydrogen-bond donors (Lipinski definition) is 0. The summed E-state index contributed by atoms with van der Waals surface area (Å²) in [6.45, 7) is 6.63. The molecule has 0 saturated carbocycles. The molecule has 1 atom stereocenters. The predicted octanol–water partition coefficient (Wildman–Crippen LogP) is 4.29. The maximum atomic E-state index is 12.9. The highest BCUT2D eigenvalue weighted by Gasteiger charge is 2.30. The van der Waals surface area contributed by atoms with E-state index in [0.29, 0.717) is 12.3 Å². The lowest BCUT2D eigenvalue weighted by Gasteiger charge is -2.22. The summed E-state index contributed by atoms with van der Waals surface area (Å²) < 4.78 is 2.11. The Balaban J connectivity index is 1.56. The number of amides is 1. The van der Waals surface area contributed by atoms with E-state index in [1.807, 2.05) is 47.4 Å². The number of imidazole rings is 1. The first-order valence-corrected chi connectivity index (χ1v) is 9.76. The zero-order valence-corrected chi connectivity index (χ0v) is 15.6. The van der Waals surface area contributed by atoms with E-state index < -0.39 is 0 Å². The van der Waals surface area contributed by atoms with Crippen LogP contribution in [0.4, 0.5) is 5.69 Å². The zero-order chi connectivity index (χ0) is 18.1. The van der Waals surface area contributed by atoms with Crippen LogP contribution in [-0.4, -0.2) is 27.3 Å². The molecule has 0 N–H and O–H groups in total. The Labute approximate surface area is 157 Å². The van der Waals surface area contributed by atoms with Gasteiger partial charge in [-0.25, -0.2) is 4.98 Å². The first-order chi connectivity index (χ1) is 12.7. The third kappa shape index (κ3) is 2.92. The molecule has 1 aliphatic rings. The number of hydrogen-bond acceptors (Lipinski definition) is 3. The molecule has 0 radical (unpaired) electrons. The smallest absolute Gasteiger partial charge is 0.237 e. The van der Waals surface area contributed by atoms with Crippen LogP contribution in [0.2, 0.25) is 0 Å².